The number of nitrogens with one attached hydrogen (secondary N) is 1. The molecule has 0 unspecified atom stereocenters. The lowest BCUT2D eigenvalue weighted by atomic mass is 10.0. The molecule has 1 amide bonds. The molecule has 2 N–H and O–H groups in total. The lowest BCUT2D eigenvalue weighted by molar-refractivity contribution is -0.134. The third-order valence-electron chi connectivity index (χ3n) is 3.81. The number of amides is 1. The number of hydrogen-bond acceptors (Lipinski definition) is 5. The van der Waals surface area contributed by atoms with Gasteiger partial charge in [0.25, 0.3) is 0 Å². The fourth-order valence-electron chi connectivity index (χ4n) is 2.67. The number of likely N-dealkylation sites (tertiary alicyclic amines) is 1. The second kappa shape index (κ2) is 6.41. The van der Waals surface area contributed by atoms with Gasteiger partial charge in [-0.05, 0) is 12.8 Å². The Morgan fingerprint density at radius 1 is 1.30 bits per heavy atom. The molecule has 3 rings (SSSR count). The summed E-state index contributed by atoms with van der Waals surface area (Å²) >= 11 is 0. The van der Waals surface area contributed by atoms with Crippen molar-refractivity contribution >= 4 is 22.8 Å². The van der Waals surface area contributed by atoms with Gasteiger partial charge in [0.1, 0.15) is 11.9 Å². The zero-order valence-corrected chi connectivity index (χ0v) is 12.3. The summed E-state index contributed by atoms with van der Waals surface area (Å²) in [7, 11) is 0. The van der Waals surface area contributed by atoms with Gasteiger partial charge in [-0.3, -0.25) is 9.78 Å². The Balaban J connectivity index is 1.80. The Morgan fingerprint density at radius 2 is 2.04 bits per heavy atom. The largest absolute Gasteiger partial charge is 0.395 e. The molecule has 0 saturated carbocycles. The minimum Gasteiger partial charge on any atom is -0.395 e. The highest BCUT2D eigenvalue weighted by Crippen LogP contribution is 2.19. The van der Waals surface area contributed by atoms with Crippen LogP contribution in [0, 0.1) is 11.6 Å². The second-order valence-corrected chi connectivity index (χ2v) is 5.40. The summed E-state index contributed by atoms with van der Waals surface area (Å²) in [6.07, 6.45) is 2.83. The fraction of sp³-hybridized carbons (Fsp3) is 0.400. The number of aromatic nitrogens is 2. The number of rotatable bonds is 4. The van der Waals surface area contributed by atoms with Gasteiger partial charge in [0.05, 0.1) is 23.8 Å². The van der Waals surface area contributed by atoms with Crippen LogP contribution in [0.4, 0.5) is 14.6 Å². The van der Waals surface area contributed by atoms with Gasteiger partial charge < -0.3 is 15.3 Å². The van der Waals surface area contributed by atoms with Crippen LogP contribution in [-0.2, 0) is 4.79 Å². The maximum atomic E-state index is 13.3. The van der Waals surface area contributed by atoms with Crippen LogP contribution < -0.4 is 5.32 Å². The van der Waals surface area contributed by atoms with E-state index in [0.717, 1.165) is 18.6 Å². The van der Waals surface area contributed by atoms with Crippen LogP contribution in [-0.4, -0.2) is 51.6 Å². The molecule has 1 aromatic heterocycles. The van der Waals surface area contributed by atoms with E-state index in [-0.39, 0.29) is 23.5 Å². The topological polar surface area (TPSA) is 78.4 Å². The fourth-order valence-corrected chi connectivity index (χ4v) is 2.67. The van der Waals surface area contributed by atoms with E-state index in [1.54, 1.807) is 4.90 Å². The highest BCUT2D eigenvalue weighted by Gasteiger charge is 2.28. The molecule has 23 heavy (non-hydrogen) atoms. The first-order chi connectivity index (χ1) is 11.1. The maximum absolute atomic E-state index is 13.3. The summed E-state index contributed by atoms with van der Waals surface area (Å²) in [6.45, 7) is 0.829. The van der Waals surface area contributed by atoms with Gasteiger partial charge in [-0.25, -0.2) is 13.8 Å². The van der Waals surface area contributed by atoms with Gasteiger partial charge in [-0.15, -0.1) is 0 Å². The first-order valence-corrected chi connectivity index (χ1v) is 7.36. The predicted octanol–water partition coefficient (Wildman–Crippen LogP) is 1.30. The normalized spacial score (nSPS) is 18.5. The molecule has 0 radical (unpaired) electrons. The highest BCUT2D eigenvalue weighted by molar-refractivity contribution is 5.85. The summed E-state index contributed by atoms with van der Waals surface area (Å²) < 4.78 is 26.4. The lowest BCUT2D eigenvalue weighted by Gasteiger charge is -2.32. The number of aliphatic hydroxyl groups excluding tert-OH is 1. The molecule has 1 aromatic carbocycles. The number of hydrogen-bond donors (Lipinski definition) is 2. The summed E-state index contributed by atoms with van der Waals surface area (Å²) in [4.78, 5) is 22.1. The molecule has 0 bridgehead atoms. The summed E-state index contributed by atoms with van der Waals surface area (Å²) in [5.74, 6) is -1.76. The zero-order chi connectivity index (χ0) is 16.4. The average Bonchev–Trinajstić information content (AvgIpc) is 2.53. The molecule has 122 valence electrons. The number of halogens is 2. The molecule has 1 fully saturated rings. The average molecular weight is 322 g/mol. The monoisotopic (exact) mass is 322 g/mol. The number of aliphatic hydroxyl groups is 1. The first-order valence-electron chi connectivity index (χ1n) is 7.36. The number of piperidine rings is 1. The maximum Gasteiger partial charge on any atom is 0.245 e. The van der Waals surface area contributed by atoms with E-state index >= 15 is 0 Å². The number of nitrogens with zero attached hydrogens (tertiary/aromatic N) is 3. The zero-order valence-electron chi connectivity index (χ0n) is 12.3. The third kappa shape index (κ3) is 3.21. The molecule has 1 aliphatic rings. The molecule has 0 spiro atoms. The minimum absolute atomic E-state index is 0.0842. The number of fused-ring (bicyclic) bond motifs is 1. The van der Waals surface area contributed by atoms with Gasteiger partial charge in [-0.2, -0.15) is 0 Å². The van der Waals surface area contributed by atoms with Gasteiger partial charge >= 0.3 is 0 Å². The molecular weight excluding hydrogens is 306 g/mol. The predicted molar refractivity (Wildman–Crippen MR) is 79.8 cm³/mol. The standard InChI is InChI=1S/C15H16F2N4O2/c16-9-6-12-13(7-10(9)17)20-14(8-18-12)19-11-2-1-3-21(4-5-22)15(11)23/h6-8,11,22H,1-5H2,(H,19,20)/t11-/m1/s1. The Kier molecular flexibility index (Phi) is 4.33. The molecule has 1 atom stereocenters. The van der Waals surface area contributed by atoms with Crippen molar-refractivity contribution in [3.63, 3.8) is 0 Å². The van der Waals surface area contributed by atoms with Crippen molar-refractivity contribution in [2.45, 2.75) is 18.9 Å². The van der Waals surface area contributed by atoms with Crippen molar-refractivity contribution in [3.05, 3.63) is 30.0 Å². The lowest BCUT2D eigenvalue weighted by Crippen LogP contribution is -2.48. The van der Waals surface area contributed by atoms with E-state index in [9.17, 15) is 13.6 Å². The van der Waals surface area contributed by atoms with Crippen molar-refractivity contribution in [2.75, 3.05) is 25.0 Å². The summed E-state index contributed by atoms with van der Waals surface area (Å²) in [6, 6.07) is 1.49. The molecule has 0 aliphatic carbocycles. The SMILES string of the molecule is O=C1[C@H](Nc2cnc3cc(F)c(F)cc3n2)CCCN1CCO. The van der Waals surface area contributed by atoms with Crippen molar-refractivity contribution in [2.24, 2.45) is 0 Å². The molecule has 6 nitrogen and oxygen atoms in total. The van der Waals surface area contributed by atoms with Gasteiger partial charge in [0.15, 0.2) is 11.6 Å². The van der Waals surface area contributed by atoms with Crippen LogP contribution in [0.1, 0.15) is 12.8 Å². The van der Waals surface area contributed by atoms with E-state index in [4.69, 9.17) is 5.11 Å². The number of carbonyl (C=O) groups excluding carboxylic acids is 1. The van der Waals surface area contributed by atoms with Gasteiger partial charge in [-0.1, -0.05) is 0 Å². The van der Waals surface area contributed by atoms with Crippen LogP contribution in [0.3, 0.4) is 0 Å². The summed E-state index contributed by atoms with van der Waals surface area (Å²) in [5.41, 5.74) is 0.454. The van der Waals surface area contributed by atoms with Crippen molar-refractivity contribution in [1.82, 2.24) is 14.9 Å². The number of β-amino-alcohol motifs (C(OH)–C–C–N with tert-alkyl or cyclic N) is 1. The van der Waals surface area contributed by atoms with E-state index in [1.165, 1.54) is 6.20 Å². The Labute approximate surface area is 131 Å². The van der Waals surface area contributed by atoms with Gasteiger partial charge in [0.2, 0.25) is 5.91 Å². The first kappa shape index (κ1) is 15.5. The van der Waals surface area contributed by atoms with Crippen LogP contribution in [0.5, 0.6) is 0 Å². The van der Waals surface area contributed by atoms with Crippen molar-refractivity contribution in [1.29, 1.82) is 0 Å². The van der Waals surface area contributed by atoms with E-state index in [2.05, 4.69) is 15.3 Å². The Hall–Kier alpha value is -2.35. The summed E-state index contributed by atoms with van der Waals surface area (Å²) in [5, 5.41) is 12.0. The van der Waals surface area contributed by atoms with Crippen LogP contribution in [0.2, 0.25) is 0 Å². The molecule has 2 heterocycles. The van der Waals surface area contributed by atoms with Gasteiger partial charge in [0, 0.05) is 25.2 Å². The van der Waals surface area contributed by atoms with E-state index in [0.29, 0.717) is 25.3 Å². The minimum atomic E-state index is -0.994. The highest BCUT2D eigenvalue weighted by atomic mass is 19.2. The second-order valence-electron chi connectivity index (χ2n) is 5.40. The van der Waals surface area contributed by atoms with Crippen LogP contribution in [0.25, 0.3) is 11.0 Å². The third-order valence-corrected chi connectivity index (χ3v) is 3.81. The van der Waals surface area contributed by atoms with Crippen LogP contribution >= 0.6 is 0 Å². The molecule has 1 aliphatic heterocycles. The number of carbonyl (C=O) groups is 1. The number of anilines is 1. The molecule has 2 aromatic rings. The smallest absolute Gasteiger partial charge is 0.245 e. The quantitative estimate of drug-likeness (QED) is 0.887. The number of benzene rings is 1. The Bertz CT molecular complexity index is 739. The van der Waals surface area contributed by atoms with Crippen molar-refractivity contribution < 1.29 is 18.7 Å². The molecule has 1 saturated heterocycles. The molecular formula is C15H16F2N4O2. The van der Waals surface area contributed by atoms with Crippen LogP contribution in [0.15, 0.2) is 18.3 Å². The Morgan fingerprint density at radius 3 is 2.78 bits per heavy atom. The molecule has 8 heteroatoms. The van der Waals surface area contributed by atoms with Crippen molar-refractivity contribution in [3.8, 4) is 0 Å². The van der Waals surface area contributed by atoms with E-state index in [1.807, 2.05) is 0 Å². The van der Waals surface area contributed by atoms with E-state index < -0.39 is 17.7 Å².